The number of anilines is 1. The normalized spacial score (nSPS) is 10.6. The monoisotopic (exact) mass is 428 g/mol. The van der Waals surface area contributed by atoms with Gasteiger partial charge in [-0.15, -0.1) is 0 Å². The van der Waals surface area contributed by atoms with Crippen molar-refractivity contribution in [1.29, 1.82) is 0 Å². The molecule has 0 radical (unpaired) electrons. The predicted molar refractivity (Wildman–Crippen MR) is 124 cm³/mol. The van der Waals surface area contributed by atoms with Crippen molar-refractivity contribution >= 4 is 40.0 Å². The highest BCUT2D eigenvalue weighted by Crippen LogP contribution is 2.34. The van der Waals surface area contributed by atoms with Crippen LogP contribution in [0.2, 0.25) is 0 Å². The van der Waals surface area contributed by atoms with Crippen molar-refractivity contribution < 1.29 is 14.7 Å². The molecule has 3 N–H and O–H groups in total. The van der Waals surface area contributed by atoms with E-state index in [2.05, 4.69) is 10.6 Å². The van der Waals surface area contributed by atoms with Gasteiger partial charge >= 0.3 is 0 Å². The highest BCUT2D eigenvalue weighted by molar-refractivity contribution is 7.99. The van der Waals surface area contributed by atoms with E-state index in [0.29, 0.717) is 11.3 Å². The first-order valence-electron chi connectivity index (χ1n) is 9.72. The molecule has 0 atom stereocenters. The maximum Gasteiger partial charge on any atom is 0.252 e. The fourth-order valence-corrected chi connectivity index (χ4v) is 4.16. The summed E-state index contributed by atoms with van der Waals surface area (Å²) in [6.45, 7) is -0.146. The number of nitrogens with one attached hydrogen (secondary N) is 2. The van der Waals surface area contributed by atoms with Crippen molar-refractivity contribution in [3.8, 4) is 5.75 Å². The molecule has 6 heteroatoms. The van der Waals surface area contributed by atoms with Gasteiger partial charge in [0, 0.05) is 15.4 Å². The highest BCUT2D eigenvalue weighted by Gasteiger charge is 2.13. The number of carbonyl (C=O) groups excluding carboxylic acids is 2. The van der Waals surface area contributed by atoms with Gasteiger partial charge in [-0.25, -0.2) is 0 Å². The molecule has 4 rings (SSSR count). The maximum absolute atomic E-state index is 12.6. The summed E-state index contributed by atoms with van der Waals surface area (Å²) in [4.78, 5) is 26.8. The lowest BCUT2D eigenvalue weighted by Crippen LogP contribution is -2.33. The van der Waals surface area contributed by atoms with Crippen LogP contribution in [0.15, 0.2) is 101 Å². The molecular formula is C25H20N2O3S. The van der Waals surface area contributed by atoms with E-state index in [4.69, 9.17) is 0 Å². The number of carbonyl (C=O) groups is 2. The van der Waals surface area contributed by atoms with Crippen molar-refractivity contribution in [3.63, 3.8) is 0 Å². The summed E-state index contributed by atoms with van der Waals surface area (Å²) in [6.07, 6.45) is 0. The third-order valence-corrected chi connectivity index (χ3v) is 5.72. The SMILES string of the molecule is O=C(CNC(=O)c1cccc2ccccc12)Nc1ccccc1Sc1cccc(O)c1. The minimum Gasteiger partial charge on any atom is -0.508 e. The molecular weight excluding hydrogens is 408 g/mol. The molecule has 2 amide bonds. The van der Waals surface area contributed by atoms with Crippen LogP contribution in [0.4, 0.5) is 5.69 Å². The molecule has 31 heavy (non-hydrogen) atoms. The summed E-state index contributed by atoms with van der Waals surface area (Å²) in [7, 11) is 0. The van der Waals surface area contributed by atoms with Crippen molar-refractivity contribution in [2.24, 2.45) is 0 Å². The second kappa shape index (κ2) is 9.36. The van der Waals surface area contributed by atoms with Crippen LogP contribution in [-0.2, 0) is 4.79 Å². The largest absolute Gasteiger partial charge is 0.508 e. The summed E-state index contributed by atoms with van der Waals surface area (Å²) in [5.74, 6) is -0.436. The summed E-state index contributed by atoms with van der Waals surface area (Å²) >= 11 is 1.43. The number of amides is 2. The molecule has 0 unspecified atom stereocenters. The van der Waals surface area contributed by atoms with E-state index in [-0.39, 0.29) is 24.1 Å². The van der Waals surface area contributed by atoms with Gasteiger partial charge in [0.25, 0.3) is 5.91 Å². The molecule has 0 saturated carbocycles. The smallest absolute Gasteiger partial charge is 0.252 e. The topological polar surface area (TPSA) is 78.4 Å². The van der Waals surface area contributed by atoms with Gasteiger partial charge in [-0.1, -0.05) is 66.4 Å². The van der Waals surface area contributed by atoms with E-state index >= 15 is 0 Å². The third-order valence-electron chi connectivity index (χ3n) is 4.65. The van der Waals surface area contributed by atoms with Gasteiger partial charge in [0.2, 0.25) is 5.91 Å². The van der Waals surface area contributed by atoms with Crippen LogP contribution in [0, 0.1) is 0 Å². The molecule has 0 fully saturated rings. The number of phenols is 1. The fraction of sp³-hybridized carbons (Fsp3) is 0.0400. The first-order chi connectivity index (χ1) is 15.1. The molecule has 0 aliphatic carbocycles. The Bertz CT molecular complexity index is 1250. The zero-order valence-corrected chi connectivity index (χ0v) is 17.4. The van der Waals surface area contributed by atoms with Crippen LogP contribution in [0.1, 0.15) is 10.4 Å². The van der Waals surface area contributed by atoms with E-state index in [9.17, 15) is 14.7 Å². The van der Waals surface area contributed by atoms with Gasteiger partial charge in [-0.3, -0.25) is 9.59 Å². The predicted octanol–water partition coefficient (Wildman–Crippen LogP) is 5.07. The Morgan fingerprint density at radius 2 is 1.58 bits per heavy atom. The van der Waals surface area contributed by atoms with Crippen molar-refractivity contribution in [1.82, 2.24) is 5.32 Å². The van der Waals surface area contributed by atoms with Crippen LogP contribution in [0.3, 0.4) is 0 Å². The highest BCUT2D eigenvalue weighted by atomic mass is 32.2. The molecule has 0 aliphatic heterocycles. The molecule has 154 valence electrons. The lowest BCUT2D eigenvalue weighted by molar-refractivity contribution is -0.115. The van der Waals surface area contributed by atoms with Crippen LogP contribution in [-0.4, -0.2) is 23.5 Å². The van der Waals surface area contributed by atoms with Crippen LogP contribution < -0.4 is 10.6 Å². The van der Waals surface area contributed by atoms with Crippen molar-refractivity contribution in [3.05, 3.63) is 96.6 Å². The van der Waals surface area contributed by atoms with Gasteiger partial charge in [0.1, 0.15) is 5.75 Å². The molecule has 0 aliphatic rings. The summed E-state index contributed by atoms with van der Waals surface area (Å²) in [5, 5.41) is 17.0. The number of benzene rings is 4. The third kappa shape index (κ3) is 5.05. The zero-order chi connectivity index (χ0) is 21.6. The summed E-state index contributed by atoms with van der Waals surface area (Å²) in [5.41, 5.74) is 1.17. The first kappa shape index (κ1) is 20.5. The quantitative estimate of drug-likeness (QED) is 0.401. The summed E-state index contributed by atoms with van der Waals surface area (Å²) < 4.78 is 0. The minimum absolute atomic E-state index is 0.146. The average molecular weight is 429 g/mol. The Hall–Kier alpha value is -3.77. The Labute approximate surface area is 184 Å². The maximum atomic E-state index is 12.6. The Morgan fingerprint density at radius 1 is 0.839 bits per heavy atom. The van der Waals surface area contributed by atoms with Crippen molar-refractivity contribution in [2.75, 3.05) is 11.9 Å². The van der Waals surface area contributed by atoms with E-state index in [0.717, 1.165) is 20.6 Å². The Kier molecular flexibility index (Phi) is 6.19. The van der Waals surface area contributed by atoms with E-state index in [1.807, 2.05) is 60.7 Å². The van der Waals surface area contributed by atoms with Gasteiger partial charge in [0.15, 0.2) is 0 Å². The van der Waals surface area contributed by atoms with E-state index in [1.54, 1.807) is 30.3 Å². The Balaban J connectivity index is 1.42. The molecule has 0 heterocycles. The number of fused-ring (bicyclic) bond motifs is 1. The molecule has 5 nitrogen and oxygen atoms in total. The van der Waals surface area contributed by atoms with E-state index < -0.39 is 0 Å². The molecule has 0 saturated heterocycles. The first-order valence-corrected chi connectivity index (χ1v) is 10.5. The molecule has 0 bridgehead atoms. The van der Waals surface area contributed by atoms with Gasteiger partial charge in [0.05, 0.1) is 12.2 Å². The number of hydrogen-bond acceptors (Lipinski definition) is 4. The van der Waals surface area contributed by atoms with Crippen molar-refractivity contribution in [2.45, 2.75) is 9.79 Å². The lowest BCUT2D eigenvalue weighted by atomic mass is 10.0. The molecule has 0 spiro atoms. The second-order valence-corrected chi connectivity index (χ2v) is 7.97. The van der Waals surface area contributed by atoms with Crippen LogP contribution in [0.25, 0.3) is 10.8 Å². The number of aromatic hydroxyl groups is 1. The average Bonchev–Trinajstić information content (AvgIpc) is 2.78. The lowest BCUT2D eigenvalue weighted by Gasteiger charge is -2.12. The standard InChI is InChI=1S/C25H20N2O3S/c28-18-9-6-10-19(15-18)31-23-14-4-3-13-22(23)27-24(29)16-26-25(30)21-12-5-8-17-7-1-2-11-20(17)21/h1-15,28H,16H2,(H,26,30)(H,27,29). The molecule has 4 aromatic rings. The van der Waals surface area contributed by atoms with Gasteiger partial charge in [-0.2, -0.15) is 0 Å². The van der Waals surface area contributed by atoms with Gasteiger partial charge < -0.3 is 15.7 Å². The summed E-state index contributed by atoms with van der Waals surface area (Å²) in [6, 6.07) is 27.5. The number of rotatable bonds is 6. The fourth-order valence-electron chi connectivity index (χ4n) is 3.21. The van der Waals surface area contributed by atoms with Crippen LogP contribution >= 0.6 is 11.8 Å². The number of hydrogen-bond donors (Lipinski definition) is 3. The molecule has 0 aromatic heterocycles. The number of para-hydroxylation sites is 1. The molecule has 4 aromatic carbocycles. The van der Waals surface area contributed by atoms with E-state index in [1.165, 1.54) is 11.8 Å². The zero-order valence-electron chi connectivity index (χ0n) is 16.5. The van der Waals surface area contributed by atoms with Gasteiger partial charge in [-0.05, 0) is 47.2 Å². The second-order valence-electron chi connectivity index (χ2n) is 6.85. The minimum atomic E-state index is -0.322. The number of phenolic OH excluding ortho intramolecular Hbond substituents is 1. The van der Waals surface area contributed by atoms with Crippen LogP contribution in [0.5, 0.6) is 5.75 Å². The Morgan fingerprint density at radius 3 is 2.45 bits per heavy atom.